The highest BCUT2D eigenvalue weighted by Gasteiger charge is 2.12. The molecule has 0 aliphatic heterocycles. The SMILES string of the molecule is CN(c1ccc(-c2ccccc2)cc1)c1cc(-c2ccccc2)cc(-c2ccccc2)c1.CN(c1ccc(-c2ccccc2)cc1)c1ccc2ccccc2c1.CN(c1ccc(-c2ccccc2)cc1)c1cccc2ccccc12. The number of hydrogen-bond donors (Lipinski definition) is 0. The van der Waals surface area contributed by atoms with Crippen LogP contribution < -0.4 is 14.7 Å². The van der Waals surface area contributed by atoms with E-state index in [2.05, 4.69) is 351 Å². The van der Waals surface area contributed by atoms with Gasteiger partial charge < -0.3 is 14.7 Å². The Morgan fingerprint density at radius 2 is 0.487 bits per heavy atom. The van der Waals surface area contributed by atoms with Crippen LogP contribution in [0.2, 0.25) is 0 Å². The minimum atomic E-state index is 1.16. The van der Waals surface area contributed by atoms with Gasteiger partial charge in [0.1, 0.15) is 0 Å². The summed E-state index contributed by atoms with van der Waals surface area (Å²) < 4.78 is 0. The fourth-order valence-electron chi connectivity index (χ4n) is 10.2. The topological polar surface area (TPSA) is 9.72 Å². The maximum atomic E-state index is 2.28. The van der Waals surface area contributed by atoms with Crippen LogP contribution in [0.3, 0.4) is 0 Å². The molecule has 0 radical (unpaired) electrons. The molecule has 0 atom stereocenters. The van der Waals surface area contributed by atoms with Crippen molar-refractivity contribution in [3.8, 4) is 55.6 Å². The number of benzene rings is 13. The van der Waals surface area contributed by atoms with E-state index in [-0.39, 0.29) is 0 Å². The van der Waals surface area contributed by atoms with E-state index in [4.69, 9.17) is 0 Å². The number of nitrogens with zero attached hydrogens (tertiary/aromatic N) is 3. The molecule has 0 aliphatic rings. The zero-order valence-electron chi connectivity index (χ0n) is 45.5. The third kappa shape index (κ3) is 12.3. The highest BCUT2D eigenvalue weighted by atomic mass is 15.1. The van der Waals surface area contributed by atoms with Crippen LogP contribution in [0.5, 0.6) is 0 Å². The molecule has 0 N–H and O–H groups in total. The molecule has 0 saturated heterocycles. The Bertz CT molecular complexity index is 3980. The Balaban J connectivity index is 0.000000129. The molecule has 0 aromatic heterocycles. The second-order valence-electron chi connectivity index (χ2n) is 19.9. The molecule has 386 valence electrons. The van der Waals surface area contributed by atoms with Crippen molar-refractivity contribution in [2.75, 3.05) is 35.8 Å². The van der Waals surface area contributed by atoms with Gasteiger partial charge in [0, 0.05) is 60.7 Å². The Kier molecular flexibility index (Phi) is 16.1. The van der Waals surface area contributed by atoms with E-state index >= 15 is 0 Å². The van der Waals surface area contributed by atoms with Crippen LogP contribution in [0, 0.1) is 0 Å². The lowest BCUT2D eigenvalue weighted by atomic mass is 9.97. The zero-order valence-corrected chi connectivity index (χ0v) is 45.5. The molecule has 0 aliphatic carbocycles. The second kappa shape index (κ2) is 24.8. The van der Waals surface area contributed by atoms with Crippen LogP contribution in [0.4, 0.5) is 34.1 Å². The first kappa shape index (κ1) is 51.9. The number of fused-ring (bicyclic) bond motifs is 2. The van der Waals surface area contributed by atoms with Crippen LogP contribution in [0.15, 0.2) is 328 Å². The monoisotopic (exact) mass is 1030 g/mol. The zero-order chi connectivity index (χ0) is 54.5. The number of anilines is 6. The van der Waals surface area contributed by atoms with Crippen LogP contribution in [-0.2, 0) is 0 Å². The molecule has 3 heteroatoms. The van der Waals surface area contributed by atoms with Crippen molar-refractivity contribution in [2.24, 2.45) is 0 Å². The van der Waals surface area contributed by atoms with Gasteiger partial charge >= 0.3 is 0 Å². The maximum absolute atomic E-state index is 2.28. The fraction of sp³-hybridized carbons (Fsp3) is 0.0390. The molecule has 0 spiro atoms. The van der Waals surface area contributed by atoms with Crippen molar-refractivity contribution in [3.63, 3.8) is 0 Å². The summed E-state index contributed by atoms with van der Waals surface area (Å²) >= 11 is 0. The Hall–Kier alpha value is -10.2. The predicted octanol–water partition coefficient (Wildman–Crippen LogP) is 21.0. The molecule has 13 aromatic carbocycles. The first-order valence-corrected chi connectivity index (χ1v) is 27.3. The van der Waals surface area contributed by atoms with Crippen molar-refractivity contribution in [2.45, 2.75) is 0 Å². The maximum Gasteiger partial charge on any atom is 0.0487 e. The van der Waals surface area contributed by atoms with E-state index in [9.17, 15) is 0 Å². The van der Waals surface area contributed by atoms with Gasteiger partial charge in [0.25, 0.3) is 0 Å². The molecular formula is C77H63N3. The van der Waals surface area contributed by atoms with Crippen LogP contribution in [-0.4, -0.2) is 21.1 Å². The average Bonchev–Trinajstić information content (AvgIpc) is 3.55. The normalized spacial score (nSPS) is 10.7. The van der Waals surface area contributed by atoms with Crippen molar-refractivity contribution in [1.82, 2.24) is 0 Å². The smallest absolute Gasteiger partial charge is 0.0487 e. The molecule has 80 heavy (non-hydrogen) atoms. The summed E-state index contributed by atoms with van der Waals surface area (Å²) in [6.07, 6.45) is 0. The lowest BCUT2D eigenvalue weighted by Gasteiger charge is -2.22. The van der Waals surface area contributed by atoms with Gasteiger partial charge in [-0.2, -0.15) is 0 Å². The first-order valence-electron chi connectivity index (χ1n) is 27.3. The third-order valence-electron chi connectivity index (χ3n) is 14.9. The Morgan fingerprint density at radius 3 is 0.925 bits per heavy atom. The van der Waals surface area contributed by atoms with E-state index in [0.717, 1.165) is 11.4 Å². The standard InChI is InChI=1S/C31H25N.2C23H19N/c1-32(30-19-17-27(18-20-30)24-11-5-2-6-12-24)31-22-28(25-13-7-3-8-14-25)21-29(23-31)26-15-9-4-10-16-26;1-24(23-13-7-11-20-10-5-6-12-22(20)23)21-16-14-19(15-17-21)18-8-3-2-4-9-18;1-24(23-16-13-19-9-5-6-10-21(19)17-23)22-14-11-20(12-15-22)18-7-3-2-4-8-18/h2-23H,1H3;2*2-17H,1H3. The molecule has 0 saturated carbocycles. The van der Waals surface area contributed by atoms with Gasteiger partial charge in [-0.1, -0.05) is 255 Å². The first-order chi connectivity index (χ1) is 39.4. The summed E-state index contributed by atoms with van der Waals surface area (Å²) in [6, 6.07) is 116. The Labute approximate surface area is 472 Å². The highest BCUT2D eigenvalue weighted by molar-refractivity contribution is 5.96. The largest absolute Gasteiger partial charge is 0.345 e. The van der Waals surface area contributed by atoms with Crippen molar-refractivity contribution in [3.05, 3.63) is 328 Å². The minimum absolute atomic E-state index is 1.16. The van der Waals surface area contributed by atoms with Gasteiger partial charge in [-0.3, -0.25) is 0 Å². The number of hydrogen-bond acceptors (Lipinski definition) is 3. The van der Waals surface area contributed by atoms with Crippen LogP contribution in [0.1, 0.15) is 0 Å². The molecule has 0 bridgehead atoms. The summed E-state index contributed by atoms with van der Waals surface area (Å²) in [7, 11) is 6.37. The van der Waals surface area contributed by atoms with Gasteiger partial charge in [-0.25, -0.2) is 0 Å². The lowest BCUT2D eigenvalue weighted by Crippen LogP contribution is -2.09. The van der Waals surface area contributed by atoms with Crippen LogP contribution in [0.25, 0.3) is 77.2 Å². The second-order valence-corrected chi connectivity index (χ2v) is 19.9. The van der Waals surface area contributed by atoms with Crippen LogP contribution >= 0.6 is 0 Å². The van der Waals surface area contributed by atoms with Crippen molar-refractivity contribution < 1.29 is 0 Å². The van der Waals surface area contributed by atoms with Gasteiger partial charge in [-0.15, -0.1) is 0 Å². The van der Waals surface area contributed by atoms with E-state index in [0.29, 0.717) is 0 Å². The summed E-state index contributed by atoms with van der Waals surface area (Å²) in [4.78, 5) is 6.73. The molecule has 3 nitrogen and oxygen atoms in total. The summed E-state index contributed by atoms with van der Waals surface area (Å²) in [5, 5.41) is 5.08. The van der Waals surface area contributed by atoms with E-state index < -0.39 is 0 Å². The third-order valence-corrected chi connectivity index (χ3v) is 14.9. The van der Waals surface area contributed by atoms with Crippen molar-refractivity contribution >= 4 is 55.7 Å². The highest BCUT2D eigenvalue weighted by Crippen LogP contribution is 2.37. The van der Waals surface area contributed by atoms with E-state index in [1.165, 1.54) is 99.9 Å². The number of rotatable bonds is 11. The Morgan fingerprint density at radius 1 is 0.175 bits per heavy atom. The van der Waals surface area contributed by atoms with Crippen molar-refractivity contribution in [1.29, 1.82) is 0 Å². The fourth-order valence-corrected chi connectivity index (χ4v) is 10.2. The van der Waals surface area contributed by atoms with Gasteiger partial charge in [0.15, 0.2) is 0 Å². The summed E-state index contributed by atoms with van der Waals surface area (Å²) in [5.41, 5.74) is 19.4. The van der Waals surface area contributed by atoms with E-state index in [1.807, 2.05) is 12.1 Å². The predicted molar refractivity (Wildman–Crippen MR) is 345 cm³/mol. The molecule has 0 amide bonds. The minimum Gasteiger partial charge on any atom is -0.345 e. The molecule has 13 rings (SSSR count). The van der Waals surface area contributed by atoms with Gasteiger partial charge in [0.05, 0.1) is 0 Å². The summed E-state index contributed by atoms with van der Waals surface area (Å²) in [6.45, 7) is 0. The van der Waals surface area contributed by atoms with Gasteiger partial charge in [-0.05, 0) is 145 Å². The molecular weight excluding hydrogens is 967 g/mol. The lowest BCUT2D eigenvalue weighted by molar-refractivity contribution is 1.21. The quantitative estimate of drug-likeness (QED) is 0.128. The molecule has 0 unspecified atom stereocenters. The average molecular weight is 1030 g/mol. The molecule has 13 aromatic rings. The summed E-state index contributed by atoms with van der Waals surface area (Å²) in [5.74, 6) is 0. The van der Waals surface area contributed by atoms with E-state index in [1.54, 1.807) is 0 Å². The molecule has 0 fully saturated rings. The van der Waals surface area contributed by atoms with Gasteiger partial charge in [0.2, 0.25) is 0 Å². The molecule has 0 heterocycles.